The third kappa shape index (κ3) is 2.91. The van der Waals surface area contributed by atoms with E-state index >= 15 is 0 Å². The van der Waals surface area contributed by atoms with E-state index in [9.17, 15) is 14.7 Å². The molecule has 1 aromatic carbocycles. The van der Waals surface area contributed by atoms with E-state index in [2.05, 4.69) is 0 Å². The highest BCUT2D eigenvalue weighted by molar-refractivity contribution is 5.80. The molecule has 0 atom stereocenters. The van der Waals surface area contributed by atoms with Crippen LogP contribution >= 0.6 is 0 Å². The number of benzene rings is 1. The number of carbonyl (C=O) groups excluding carboxylic acids is 1. The number of carbonyl (C=O) groups is 1. The van der Waals surface area contributed by atoms with Crippen molar-refractivity contribution >= 4 is 16.9 Å². The molecule has 0 bridgehead atoms. The molecule has 1 aromatic heterocycles. The Kier molecular flexibility index (Phi) is 4.02. The summed E-state index contributed by atoms with van der Waals surface area (Å²) in [7, 11) is 3.39. The Morgan fingerprint density at radius 2 is 1.87 bits per heavy atom. The molecular formula is C17H23N3O3. The fraction of sp³-hybridized carbons (Fsp3) is 0.529. The Bertz CT molecular complexity index is 784. The Morgan fingerprint density at radius 1 is 1.26 bits per heavy atom. The van der Waals surface area contributed by atoms with Crippen LogP contribution in [0.4, 0.5) is 0 Å². The second-order valence-electron chi connectivity index (χ2n) is 6.60. The molecule has 3 rings (SSSR count). The normalized spacial score (nSPS) is 16.8. The van der Waals surface area contributed by atoms with Crippen LogP contribution in [0.15, 0.2) is 29.1 Å². The Balaban J connectivity index is 1.80. The van der Waals surface area contributed by atoms with Gasteiger partial charge in [0.25, 0.3) is 0 Å². The van der Waals surface area contributed by atoms with Gasteiger partial charge < -0.3 is 10.0 Å². The van der Waals surface area contributed by atoms with E-state index in [0.29, 0.717) is 6.54 Å². The number of rotatable bonds is 4. The van der Waals surface area contributed by atoms with Gasteiger partial charge in [0, 0.05) is 20.6 Å². The quantitative estimate of drug-likeness (QED) is 0.918. The summed E-state index contributed by atoms with van der Waals surface area (Å²) < 4.78 is 3.04. The van der Waals surface area contributed by atoms with Crippen LogP contribution in [0.2, 0.25) is 0 Å². The molecule has 0 radical (unpaired) electrons. The lowest BCUT2D eigenvalue weighted by molar-refractivity contribution is -0.133. The second-order valence-corrected chi connectivity index (χ2v) is 6.60. The molecule has 23 heavy (non-hydrogen) atoms. The van der Waals surface area contributed by atoms with Crippen molar-refractivity contribution in [2.24, 2.45) is 7.05 Å². The Morgan fingerprint density at radius 3 is 2.52 bits per heavy atom. The van der Waals surface area contributed by atoms with Crippen LogP contribution in [0, 0.1) is 0 Å². The van der Waals surface area contributed by atoms with E-state index in [1.54, 1.807) is 23.6 Å². The van der Waals surface area contributed by atoms with Crippen molar-refractivity contribution in [2.45, 2.75) is 37.8 Å². The van der Waals surface area contributed by atoms with E-state index in [1.807, 2.05) is 24.3 Å². The summed E-state index contributed by atoms with van der Waals surface area (Å²) in [6.07, 6.45) is 3.47. The lowest BCUT2D eigenvalue weighted by Crippen LogP contribution is -2.43. The molecule has 0 saturated heterocycles. The van der Waals surface area contributed by atoms with Crippen molar-refractivity contribution in [1.29, 1.82) is 0 Å². The van der Waals surface area contributed by atoms with Gasteiger partial charge in [-0.05, 0) is 25.0 Å². The number of aliphatic hydroxyl groups is 1. The lowest BCUT2D eigenvalue weighted by Gasteiger charge is -2.28. The third-order valence-electron chi connectivity index (χ3n) is 4.84. The van der Waals surface area contributed by atoms with Gasteiger partial charge in [-0.25, -0.2) is 4.79 Å². The Hall–Kier alpha value is -2.08. The van der Waals surface area contributed by atoms with Crippen molar-refractivity contribution in [3.63, 3.8) is 0 Å². The minimum absolute atomic E-state index is 0.00718. The number of nitrogens with zero attached hydrogens (tertiary/aromatic N) is 3. The average molecular weight is 317 g/mol. The van der Waals surface area contributed by atoms with Crippen molar-refractivity contribution < 1.29 is 9.90 Å². The molecule has 6 nitrogen and oxygen atoms in total. The molecule has 6 heteroatoms. The summed E-state index contributed by atoms with van der Waals surface area (Å²) >= 11 is 0. The van der Waals surface area contributed by atoms with Crippen LogP contribution in [0.5, 0.6) is 0 Å². The molecular weight excluding hydrogens is 294 g/mol. The van der Waals surface area contributed by atoms with E-state index in [0.717, 1.165) is 36.7 Å². The SMILES string of the molecule is CN(CC1(O)CCCC1)C(=O)Cn1c(=O)n(C)c2ccccc21. The first-order valence-electron chi connectivity index (χ1n) is 8.02. The zero-order valence-electron chi connectivity index (χ0n) is 13.7. The van der Waals surface area contributed by atoms with Crippen molar-refractivity contribution in [1.82, 2.24) is 14.0 Å². The van der Waals surface area contributed by atoms with Gasteiger partial charge in [0.15, 0.2) is 0 Å². The summed E-state index contributed by atoms with van der Waals surface area (Å²) in [4.78, 5) is 26.4. The largest absolute Gasteiger partial charge is 0.388 e. The van der Waals surface area contributed by atoms with Gasteiger partial charge in [0.2, 0.25) is 5.91 Å². The van der Waals surface area contributed by atoms with Gasteiger partial charge in [0.05, 0.1) is 16.6 Å². The van der Waals surface area contributed by atoms with Crippen LogP contribution in [0.1, 0.15) is 25.7 Å². The third-order valence-corrected chi connectivity index (χ3v) is 4.84. The number of likely N-dealkylation sites (N-methyl/N-ethyl adjacent to an activating group) is 1. The molecule has 124 valence electrons. The first-order chi connectivity index (χ1) is 10.9. The van der Waals surface area contributed by atoms with Crippen LogP contribution in [-0.4, -0.2) is 44.2 Å². The minimum atomic E-state index is -0.770. The first kappa shape index (κ1) is 15.8. The van der Waals surface area contributed by atoms with Crippen LogP contribution in [0.25, 0.3) is 11.0 Å². The van der Waals surface area contributed by atoms with Gasteiger partial charge in [-0.2, -0.15) is 0 Å². The number of aryl methyl sites for hydroxylation is 1. The van der Waals surface area contributed by atoms with Crippen LogP contribution in [0.3, 0.4) is 0 Å². The smallest absolute Gasteiger partial charge is 0.329 e. The highest BCUT2D eigenvalue weighted by Gasteiger charge is 2.33. The number of para-hydroxylation sites is 2. The van der Waals surface area contributed by atoms with Crippen LogP contribution < -0.4 is 5.69 Å². The number of fused-ring (bicyclic) bond motifs is 1. The number of aromatic nitrogens is 2. The van der Waals surface area contributed by atoms with Crippen molar-refractivity contribution in [3.8, 4) is 0 Å². The molecule has 1 N–H and O–H groups in total. The van der Waals surface area contributed by atoms with Gasteiger partial charge in [0.1, 0.15) is 6.54 Å². The molecule has 1 aliphatic carbocycles. The summed E-state index contributed by atoms with van der Waals surface area (Å²) in [6, 6.07) is 7.43. The first-order valence-corrected chi connectivity index (χ1v) is 8.02. The van der Waals surface area contributed by atoms with Gasteiger partial charge >= 0.3 is 5.69 Å². The fourth-order valence-electron chi connectivity index (χ4n) is 3.49. The van der Waals surface area contributed by atoms with E-state index in [4.69, 9.17) is 0 Å². The maximum atomic E-state index is 12.5. The molecule has 0 unspecified atom stereocenters. The molecule has 0 aliphatic heterocycles. The molecule has 1 heterocycles. The number of imidazole rings is 1. The molecule has 1 aliphatic rings. The average Bonchev–Trinajstić information content (AvgIpc) is 3.05. The fourth-order valence-corrected chi connectivity index (χ4v) is 3.49. The molecule has 2 aromatic rings. The molecule has 1 fully saturated rings. The van der Waals surface area contributed by atoms with Crippen molar-refractivity contribution in [2.75, 3.05) is 13.6 Å². The predicted octanol–water partition coefficient (Wildman–Crippen LogP) is 1.10. The topological polar surface area (TPSA) is 67.5 Å². The van der Waals surface area contributed by atoms with Gasteiger partial charge in [-0.1, -0.05) is 25.0 Å². The number of hydrogen-bond acceptors (Lipinski definition) is 3. The van der Waals surface area contributed by atoms with Gasteiger partial charge in [-0.15, -0.1) is 0 Å². The maximum absolute atomic E-state index is 12.5. The van der Waals surface area contributed by atoms with Crippen molar-refractivity contribution in [3.05, 3.63) is 34.7 Å². The zero-order valence-corrected chi connectivity index (χ0v) is 13.7. The number of hydrogen-bond donors (Lipinski definition) is 1. The highest BCUT2D eigenvalue weighted by atomic mass is 16.3. The standard InChI is InChI=1S/C17H23N3O3/c1-18(12-17(23)9-5-6-10-17)15(21)11-20-14-8-4-3-7-13(14)19(2)16(20)22/h3-4,7-8,23H,5-6,9-12H2,1-2H3. The highest BCUT2D eigenvalue weighted by Crippen LogP contribution is 2.29. The monoisotopic (exact) mass is 317 g/mol. The molecule has 1 saturated carbocycles. The second kappa shape index (κ2) is 5.85. The van der Waals surface area contributed by atoms with Gasteiger partial charge in [-0.3, -0.25) is 13.9 Å². The maximum Gasteiger partial charge on any atom is 0.329 e. The molecule has 0 spiro atoms. The summed E-state index contributed by atoms with van der Waals surface area (Å²) in [5, 5.41) is 10.4. The predicted molar refractivity (Wildman–Crippen MR) is 88.2 cm³/mol. The lowest BCUT2D eigenvalue weighted by atomic mass is 10.0. The number of amides is 1. The molecule has 1 amide bonds. The summed E-state index contributed by atoms with van der Waals surface area (Å²) in [6.45, 7) is 0.318. The summed E-state index contributed by atoms with van der Waals surface area (Å²) in [5.74, 6) is -0.163. The van der Waals surface area contributed by atoms with E-state index in [-0.39, 0.29) is 18.1 Å². The Labute approximate surface area is 134 Å². The summed E-state index contributed by atoms with van der Waals surface area (Å²) in [5.41, 5.74) is 0.588. The van der Waals surface area contributed by atoms with E-state index < -0.39 is 5.60 Å². The zero-order chi connectivity index (χ0) is 16.6. The van der Waals surface area contributed by atoms with Crippen LogP contribution in [-0.2, 0) is 18.4 Å². The minimum Gasteiger partial charge on any atom is -0.388 e. The van der Waals surface area contributed by atoms with E-state index in [1.165, 1.54) is 4.57 Å².